The number of amides is 2. The molecule has 0 bridgehead atoms. The standard InChI is InChI=1S/C31H37N7O.C2H6/c1-6-37(5)31(39)33-24-13-11-22(12-14-24)29-27(20-38(7-2)35-29)25-15-16-32-30-26(25)18-28(34-30)23-10-8-9-21(17-23)19-36(3)4;1-2/h8-18,27H,6-7,19-20H2,1-5H3,(H,32,34)(H,33,39);1-2H3. The number of aromatic amines is 1. The van der Waals surface area contributed by atoms with Gasteiger partial charge in [0.2, 0.25) is 0 Å². The zero-order valence-electron chi connectivity index (χ0n) is 25.4. The van der Waals surface area contributed by atoms with Crippen LogP contribution in [0.25, 0.3) is 22.3 Å². The number of carbonyl (C=O) groups is 1. The monoisotopic (exact) mass is 553 g/mol. The fourth-order valence-corrected chi connectivity index (χ4v) is 5.06. The highest BCUT2D eigenvalue weighted by molar-refractivity contribution is 6.08. The summed E-state index contributed by atoms with van der Waals surface area (Å²) in [5.41, 5.74) is 8.43. The number of H-pyrrole nitrogens is 1. The number of hydrogen-bond donors (Lipinski definition) is 2. The van der Waals surface area contributed by atoms with Crippen molar-refractivity contribution in [2.45, 2.75) is 40.2 Å². The molecule has 1 aliphatic rings. The fraction of sp³-hybridized carbons (Fsp3) is 0.364. The van der Waals surface area contributed by atoms with Crippen LogP contribution in [0.2, 0.25) is 0 Å². The number of urea groups is 1. The molecule has 8 nitrogen and oxygen atoms in total. The van der Waals surface area contributed by atoms with E-state index >= 15 is 0 Å². The van der Waals surface area contributed by atoms with Crippen molar-refractivity contribution in [1.29, 1.82) is 0 Å². The van der Waals surface area contributed by atoms with Crippen LogP contribution in [0.4, 0.5) is 10.5 Å². The summed E-state index contributed by atoms with van der Waals surface area (Å²) in [7, 11) is 5.95. The minimum atomic E-state index is -0.117. The maximum absolute atomic E-state index is 12.3. The first kappa shape index (κ1) is 29.8. The summed E-state index contributed by atoms with van der Waals surface area (Å²) in [6.45, 7) is 11.3. The Morgan fingerprint density at radius 1 is 1.02 bits per heavy atom. The first-order chi connectivity index (χ1) is 19.9. The van der Waals surface area contributed by atoms with Gasteiger partial charge in [0, 0.05) is 62.1 Å². The lowest BCUT2D eigenvalue weighted by atomic mass is 9.89. The summed E-state index contributed by atoms with van der Waals surface area (Å²) < 4.78 is 0. The predicted octanol–water partition coefficient (Wildman–Crippen LogP) is 6.62. The van der Waals surface area contributed by atoms with Crippen molar-refractivity contribution in [3.8, 4) is 11.3 Å². The first-order valence-corrected chi connectivity index (χ1v) is 14.5. The number of benzene rings is 2. The predicted molar refractivity (Wildman–Crippen MR) is 171 cm³/mol. The zero-order valence-corrected chi connectivity index (χ0v) is 25.4. The number of pyridine rings is 1. The summed E-state index contributed by atoms with van der Waals surface area (Å²) in [5.74, 6) is 0.103. The van der Waals surface area contributed by atoms with Crippen molar-refractivity contribution in [3.05, 3.63) is 83.6 Å². The van der Waals surface area contributed by atoms with E-state index in [0.29, 0.717) is 6.54 Å². The quantitative estimate of drug-likeness (QED) is 0.257. The number of hydrogen-bond acceptors (Lipinski definition) is 5. The summed E-state index contributed by atoms with van der Waals surface area (Å²) in [4.78, 5) is 24.3. The number of carbonyl (C=O) groups excluding carboxylic acids is 1. The Bertz CT molecular complexity index is 1490. The summed E-state index contributed by atoms with van der Waals surface area (Å²) in [6.07, 6.45) is 1.88. The number of anilines is 1. The molecule has 0 aliphatic carbocycles. The van der Waals surface area contributed by atoms with Gasteiger partial charge >= 0.3 is 6.03 Å². The van der Waals surface area contributed by atoms with E-state index in [1.165, 1.54) is 11.1 Å². The highest BCUT2D eigenvalue weighted by Gasteiger charge is 2.30. The molecule has 3 heterocycles. The minimum absolute atomic E-state index is 0.103. The third-order valence-corrected chi connectivity index (χ3v) is 7.27. The number of rotatable bonds is 8. The highest BCUT2D eigenvalue weighted by Crippen LogP contribution is 2.35. The second kappa shape index (κ2) is 13.5. The van der Waals surface area contributed by atoms with Crippen LogP contribution in [0.3, 0.4) is 0 Å². The molecule has 41 heavy (non-hydrogen) atoms. The number of nitrogens with zero attached hydrogens (tertiary/aromatic N) is 5. The molecule has 2 amide bonds. The van der Waals surface area contributed by atoms with Crippen LogP contribution in [0, 0.1) is 0 Å². The van der Waals surface area contributed by atoms with Gasteiger partial charge in [-0.3, -0.25) is 5.01 Å². The van der Waals surface area contributed by atoms with E-state index in [4.69, 9.17) is 5.10 Å². The summed E-state index contributed by atoms with van der Waals surface area (Å²) >= 11 is 0. The summed E-state index contributed by atoms with van der Waals surface area (Å²) in [6, 6.07) is 20.9. The van der Waals surface area contributed by atoms with E-state index in [1.807, 2.05) is 51.2 Å². The van der Waals surface area contributed by atoms with E-state index in [0.717, 1.165) is 58.9 Å². The SMILES string of the molecule is CC.CCN1CC(c2ccnc3[nH]c(-c4cccc(CN(C)C)c4)cc23)C(c2ccc(NC(=O)N(C)CC)cc2)=N1. The first-order valence-electron chi connectivity index (χ1n) is 14.5. The molecule has 0 fully saturated rings. The Morgan fingerprint density at radius 3 is 2.46 bits per heavy atom. The number of fused-ring (bicyclic) bond motifs is 1. The number of nitrogens with one attached hydrogen (secondary N) is 2. The Labute approximate surface area is 244 Å². The van der Waals surface area contributed by atoms with Gasteiger partial charge < -0.3 is 20.1 Å². The van der Waals surface area contributed by atoms with E-state index in [9.17, 15) is 4.79 Å². The largest absolute Gasteiger partial charge is 0.339 e. The van der Waals surface area contributed by atoms with E-state index < -0.39 is 0 Å². The van der Waals surface area contributed by atoms with Gasteiger partial charge in [-0.25, -0.2) is 9.78 Å². The van der Waals surface area contributed by atoms with Gasteiger partial charge in [-0.05, 0) is 80.5 Å². The lowest BCUT2D eigenvalue weighted by molar-refractivity contribution is 0.224. The molecule has 216 valence electrons. The molecule has 0 spiro atoms. The molecule has 2 aromatic carbocycles. The molecule has 2 aromatic heterocycles. The van der Waals surface area contributed by atoms with Crippen LogP contribution in [0.1, 0.15) is 50.3 Å². The molecule has 0 saturated heterocycles. The van der Waals surface area contributed by atoms with Crippen molar-refractivity contribution in [3.63, 3.8) is 0 Å². The molecule has 5 rings (SSSR count). The van der Waals surface area contributed by atoms with Gasteiger partial charge in [-0.15, -0.1) is 0 Å². The zero-order chi connectivity index (χ0) is 29.5. The van der Waals surface area contributed by atoms with Gasteiger partial charge in [0.25, 0.3) is 0 Å². The number of aromatic nitrogens is 2. The van der Waals surface area contributed by atoms with Crippen LogP contribution in [-0.4, -0.2) is 77.3 Å². The lowest BCUT2D eigenvalue weighted by Gasteiger charge is -2.17. The maximum atomic E-state index is 12.3. The normalized spacial score (nSPS) is 14.6. The van der Waals surface area contributed by atoms with Crippen LogP contribution < -0.4 is 5.32 Å². The van der Waals surface area contributed by atoms with Crippen LogP contribution in [0.5, 0.6) is 0 Å². The van der Waals surface area contributed by atoms with Crippen LogP contribution >= 0.6 is 0 Å². The third kappa shape index (κ3) is 6.77. The topological polar surface area (TPSA) is 79.9 Å². The van der Waals surface area contributed by atoms with E-state index in [-0.39, 0.29) is 11.9 Å². The van der Waals surface area contributed by atoms with Crippen molar-refractivity contribution in [1.82, 2.24) is 24.8 Å². The van der Waals surface area contributed by atoms with Gasteiger partial charge in [0.15, 0.2) is 0 Å². The molecule has 0 radical (unpaired) electrons. The Morgan fingerprint density at radius 2 is 1.78 bits per heavy atom. The average Bonchev–Trinajstić information content (AvgIpc) is 3.63. The van der Waals surface area contributed by atoms with Crippen LogP contribution in [-0.2, 0) is 6.54 Å². The minimum Gasteiger partial charge on any atom is -0.339 e. The lowest BCUT2D eigenvalue weighted by Crippen LogP contribution is -2.30. The second-order valence-electron chi connectivity index (χ2n) is 10.3. The van der Waals surface area contributed by atoms with Crippen molar-refractivity contribution >= 4 is 28.5 Å². The second-order valence-corrected chi connectivity index (χ2v) is 10.3. The van der Waals surface area contributed by atoms with Crippen LogP contribution in [0.15, 0.2) is 72.0 Å². The molecule has 1 aliphatic heterocycles. The molecular weight excluding hydrogens is 510 g/mol. The van der Waals surface area contributed by atoms with E-state index in [1.54, 1.807) is 11.9 Å². The Hall–Kier alpha value is -4.17. The van der Waals surface area contributed by atoms with Crippen molar-refractivity contribution in [2.24, 2.45) is 5.10 Å². The number of likely N-dealkylation sites (N-methyl/N-ethyl adjacent to an activating group) is 1. The third-order valence-electron chi connectivity index (χ3n) is 7.27. The Balaban J connectivity index is 0.00000189. The summed E-state index contributed by atoms with van der Waals surface area (Å²) in [5, 5.41) is 11.2. The molecular formula is C33H43N7O. The average molecular weight is 554 g/mol. The molecule has 2 N–H and O–H groups in total. The van der Waals surface area contributed by atoms with Crippen molar-refractivity contribution < 1.29 is 4.79 Å². The molecule has 8 heteroatoms. The Kier molecular flexibility index (Phi) is 9.78. The van der Waals surface area contributed by atoms with Gasteiger partial charge in [-0.1, -0.05) is 44.2 Å². The van der Waals surface area contributed by atoms with Crippen molar-refractivity contribution in [2.75, 3.05) is 46.1 Å². The fourth-order valence-electron chi connectivity index (χ4n) is 5.06. The molecule has 1 unspecified atom stereocenters. The molecule has 1 atom stereocenters. The van der Waals surface area contributed by atoms with Gasteiger partial charge in [0.05, 0.1) is 5.71 Å². The smallest absolute Gasteiger partial charge is 0.321 e. The number of hydrazone groups is 1. The van der Waals surface area contributed by atoms with Gasteiger partial charge in [0.1, 0.15) is 5.65 Å². The highest BCUT2D eigenvalue weighted by atomic mass is 16.2. The van der Waals surface area contributed by atoms with Gasteiger partial charge in [-0.2, -0.15) is 5.10 Å². The molecule has 0 saturated carbocycles. The maximum Gasteiger partial charge on any atom is 0.321 e. The molecule has 4 aromatic rings. The van der Waals surface area contributed by atoms with E-state index in [2.05, 4.69) is 82.6 Å².